The van der Waals surface area contributed by atoms with Crippen molar-refractivity contribution in [3.8, 4) is 0 Å². The largest absolute Gasteiger partial charge is 0.308 e. The van der Waals surface area contributed by atoms with Crippen LogP contribution in [0.5, 0.6) is 0 Å². The van der Waals surface area contributed by atoms with Crippen LogP contribution in [0.4, 0.5) is 23.4 Å². The van der Waals surface area contributed by atoms with Gasteiger partial charge in [-0.05, 0) is 32.4 Å². The molecule has 3 aromatic heterocycles. The first-order valence-electron chi connectivity index (χ1n) is 10.5. The van der Waals surface area contributed by atoms with Gasteiger partial charge in [0.05, 0.1) is 17.6 Å². The number of rotatable bonds is 7. The minimum absolute atomic E-state index is 0.0366. The zero-order chi connectivity index (χ0) is 24.6. The quantitative estimate of drug-likeness (QED) is 0.378. The average molecular weight is 474 g/mol. The number of nitrogens with one attached hydrogen (secondary N) is 1. The standard InChI is InChI=1S/C23H22F4N6O/c1-12-5-4-6-15(7-12)10-32-13(2)8-18(31-32)29-19(34)11-33-23-20(14(3)30-33)16(21(24)25)9-17(28-23)22(26)27/h4-9,21-22H,10-11H2,1-3H3,(H,29,31,34). The first kappa shape index (κ1) is 23.4. The lowest BCUT2D eigenvalue weighted by molar-refractivity contribution is -0.116. The van der Waals surface area contributed by atoms with E-state index in [2.05, 4.69) is 20.5 Å². The number of amides is 1. The summed E-state index contributed by atoms with van der Waals surface area (Å²) in [6.45, 7) is 5.42. The zero-order valence-electron chi connectivity index (χ0n) is 18.7. The van der Waals surface area contributed by atoms with Crippen LogP contribution in [0, 0.1) is 20.8 Å². The van der Waals surface area contributed by atoms with Crippen LogP contribution in [0.3, 0.4) is 0 Å². The van der Waals surface area contributed by atoms with E-state index < -0.39 is 36.6 Å². The molecule has 0 aliphatic heterocycles. The van der Waals surface area contributed by atoms with Gasteiger partial charge in [-0.15, -0.1) is 0 Å². The van der Waals surface area contributed by atoms with Crippen LogP contribution in [-0.4, -0.2) is 30.5 Å². The van der Waals surface area contributed by atoms with E-state index in [4.69, 9.17) is 0 Å². The monoisotopic (exact) mass is 474 g/mol. The average Bonchev–Trinajstić information content (AvgIpc) is 3.25. The van der Waals surface area contributed by atoms with Crippen LogP contribution < -0.4 is 5.32 Å². The predicted octanol–water partition coefficient (Wildman–Crippen LogP) is 5.12. The molecule has 0 saturated carbocycles. The van der Waals surface area contributed by atoms with Gasteiger partial charge in [0.15, 0.2) is 11.5 Å². The SMILES string of the molecule is Cc1cccc(Cn2nc(NC(=O)Cn3nc(C)c4c(C(F)F)cc(C(F)F)nc43)cc2C)c1. The maximum Gasteiger partial charge on any atom is 0.280 e. The van der Waals surface area contributed by atoms with E-state index in [1.165, 1.54) is 6.92 Å². The number of halogens is 4. The van der Waals surface area contributed by atoms with E-state index in [1.807, 2.05) is 38.1 Å². The number of pyridine rings is 1. The van der Waals surface area contributed by atoms with Crippen LogP contribution in [0.2, 0.25) is 0 Å². The number of hydrogen-bond donors (Lipinski definition) is 1. The molecule has 0 saturated heterocycles. The summed E-state index contributed by atoms with van der Waals surface area (Å²) in [4.78, 5) is 16.4. The molecular formula is C23H22F4N6O. The Balaban J connectivity index is 1.56. The van der Waals surface area contributed by atoms with Gasteiger partial charge in [-0.3, -0.25) is 9.48 Å². The van der Waals surface area contributed by atoms with Crippen LogP contribution in [0.25, 0.3) is 11.0 Å². The summed E-state index contributed by atoms with van der Waals surface area (Å²) in [5, 5.41) is 11.1. The Kier molecular flexibility index (Phi) is 6.36. The highest BCUT2D eigenvalue weighted by molar-refractivity contribution is 5.91. The Labute approximate surface area is 192 Å². The molecule has 178 valence electrons. The van der Waals surface area contributed by atoms with E-state index in [-0.39, 0.29) is 16.7 Å². The second kappa shape index (κ2) is 9.24. The summed E-state index contributed by atoms with van der Waals surface area (Å²) in [6.07, 6.45) is -6.03. The number of hydrogen-bond acceptors (Lipinski definition) is 4. The fourth-order valence-corrected chi connectivity index (χ4v) is 3.83. The van der Waals surface area contributed by atoms with Crippen molar-refractivity contribution in [3.63, 3.8) is 0 Å². The molecule has 0 aliphatic rings. The van der Waals surface area contributed by atoms with Crippen LogP contribution in [-0.2, 0) is 17.9 Å². The fraction of sp³-hybridized carbons (Fsp3) is 0.304. The van der Waals surface area contributed by atoms with E-state index in [1.54, 1.807) is 10.7 Å². The van der Waals surface area contributed by atoms with Gasteiger partial charge in [-0.1, -0.05) is 29.8 Å². The molecule has 11 heteroatoms. The molecule has 0 aliphatic carbocycles. The van der Waals surface area contributed by atoms with Gasteiger partial charge in [0, 0.05) is 17.3 Å². The number of nitrogens with zero attached hydrogens (tertiary/aromatic N) is 5. The lowest BCUT2D eigenvalue weighted by Crippen LogP contribution is -2.20. The molecule has 7 nitrogen and oxygen atoms in total. The highest BCUT2D eigenvalue weighted by Crippen LogP contribution is 2.32. The third kappa shape index (κ3) is 4.78. The van der Waals surface area contributed by atoms with Crippen molar-refractivity contribution in [2.45, 2.75) is 46.7 Å². The number of aryl methyl sites for hydroxylation is 3. The van der Waals surface area contributed by atoms with Gasteiger partial charge >= 0.3 is 0 Å². The third-order valence-electron chi connectivity index (χ3n) is 5.34. The molecule has 0 bridgehead atoms. The Bertz CT molecular complexity index is 1360. The second-order valence-corrected chi connectivity index (χ2v) is 8.05. The maximum atomic E-state index is 13.5. The Morgan fingerprint density at radius 1 is 1.00 bits per heavy atom. The number of carbonyl (C=O) groups is 1. The number of anilines is 1. The predicted molar refractivity (Wildman–Crippen MR) is 118 cm³/mol. The van der Waals surface area contributed by atoms with E-state index in [0.29, 0.717) is 18.4 Å². The van der Waals surface area contributed by atoms with E-state index in [9.17, 15) is 22.4 Å². The highest BCUT2D eigenvalue weighted by atomic mass is 19.3. The minimum atomic E-state index is -3.04. The number of fused-ring (bicyclic) bond motifs is 1. The molecular weight excluding hydrogens is 452 g/mol. The van der Waals surface area contributed by atoms with Crippen molar-refractivity contribution in [2.24, 2.45) is 0 Å². The minimum Gasteiger partial charge on any atom is -0.308 e. The summed E-state index contributed by atoms with van der Waals surface area (Å²) >= 11 is 0. The van der Waals surface area contributed by atoms with Crippen molar-refractivity contribution in [1.82, 2.24) is 24.5 Å². The van der Waals surface area contributed by atoms with Crippen molar-refractivity contribution in [2.75, 3.05) is 5.32 Å². The van der Waals surface area contributed by atoms with Gasteiger partial charge in [-0.2, -0.15) is 10.2 Å². The molecule has 0 atom stereocenters. The Hall–Kier alpha value is -3.76. The van der Waals surface area contributed by atoms with Gasteiger partial charge in [0.2, 0.25) is 5.91 Å². The smallest absolute Gasteiger partial charge is 0.280 e. The summed E-state index contributed by atoms with van der Waals surface area (Å²) < 4.78 is 56.2. The number of carbonyl (C=O) groups excluding carboxylic acids is 1. The van der Waals surface area contributed by atoms with Crippen molar-refractivity contribution in [3.05, 3.63) is 70.2 Å². The first-order chi connectivity index (χ1) is 16.1. The van der Waals surface area contributed by atoms with Crippen LogP contribution >= 0.6 is 0 Å². The fourth-order valence-electron chi connectivity index (χ4n) is 3.83. The van der Waals surface area contributed by atoms with Crippen molar-refractivity contribution in [1.29, 1.82) is 0 Å². The van der Waals surface area contributed by atoms with Crippen molar-refractivity contribution >= 4 is 22.8 Å². The van der Waals surface area contributed by atoms with E-state index in [0.717, 1.165) is 21.5 Å². The summed E-state index contributed by atoms with van der Waals surface area (Å²) in [5.41, 5.74) is 1.59. The highest BCUT2D eigenvalue weighted by Gasteiger charge is 2.24. The molecule has 0 unspecified atom stereocenters. The molecule has 0 fully saturated rings. The summed E-state index contributed by atoms with van der Waals surface area (Å²) in [5.74, 6) is -0.245. The molecule has 1 aromatic carbocycles. The Morgan fingerprint density at radius 3 is 2.44 bits per heavy atom. The lowest BCUT2D eigenvalue weighted by atomic mass is 10.1. The molecule has 0 spiro atoms. The molecule has 34 heavy (non-hydrogen) atoms. The normalized spacial score (nSPS) is 11.7. The Morgan fingerprint density at radius 2 is 1.76 bits per heavy atom. The van der Waals surface area contributed by atoms with Crippen molar-refractivity contribution < 1.29 is 22.4 Å². The van der Waals surface area contributed by atoms with E-state index >= 15 is 0 Å². The summed E-state index contributed by atoms with van der Waals surface area (Å²) in [7, 11) is 0. The topological polar surface area (TPSA) is 77.6 Å². The van der Waals surface area contributed by atoms with Crippen LogP contribution in [0.15, 0.2) is 36.4 Å². The zero-order valence-corrected chi connectivity index (χ0v) is 18.7. The lowest BCUT2D eigenvalue weighted by Gasteiger charge is -2.08. The molecule has 1 amide bonds. The molecule has 0 radical (unpaired) electrons. The van der Waals surface area contributed by atoms with Gasteiger partial charge in [-0.25, -0.2) is 27.2 Å². The first-order valence-corrected chi connectivity index (χ1v) is 10.5. The maximum absolute atomic E-state index is 13.5. The van der Waals surface area contributed by atoms with Gasteiger partial charge in [0.1, 0.15) is 12.2 Å². The molecule has 4 rings (SSSR count). The molecule has 3 heterocycles. The molecule has 4 aromatic rings. The number of alkyl halides is 4. The molecule has 1 N–H and O–H groups in total. The number of aromatic nitrogens is 5. The summed E-state index contributed by atoms with van der Waals surface area (Å²) in [6, 6.07) is 10.3. The third-order valence-corrected chi connectivity index (χ3v) is 5.34. The van der Waals surface area contributed by atoms with Gasteiger partial charge in [0.25, 0.3) is 12.9 Å². The van der Waals surface area contributed by atoms with Gasteiger partial charge < -0.3 is 5.32 Å². The second-order valence-electron chi connectivity index (χ2n) is 8.05. The number of benzene rings is 1. The van der Waals surface area contributed by atoms with Crippen LogP contribution in [0.1, 0.15) is 46.6 Å².